The van der Waals surface area contributed by atoms with E-state index in [-0.39, 0.29) is 12.5 Å². The standard InChI is InChI=1S/C23H20N4O2/c28-12-19-17(21-18-10-11-24-22(18)26-13-25-21)2-1-3-20(19)27-23(29)16-8-6-15(7-9-16)14-4-5-14/h1-3,6-11,13-14,28H,4-5,12H2,(H,27,29)(H,24,25,26). The second-order valence-electron chi connectivity index (χ2n) is 7.30. The fourth-order valence-electron chi connectivity index (χ4n) is 3.70. The molecule has 0 atom stereocenters. The number of aliphatic hydroxyl groups is 1. The molecule has 1 aliphatic carbocycles. The predicted octanol–water partition coefficient (Wildman–Crippen LogP) is 4.25. The molecule has 1 aliphatic rings. The van der Waals surface area contributed by atoms with Gasteiger partial charge < -0.3 is 15.4 Å². The van der Waals surface area contributed by atoms with E-state index in [4.69, 9.17) is 0 Å². The molecule has 1 amide bonds. The first-order valence-electron chi connectivity index (χ1n) is 9.67. The molecule has 2 aromatic carbocycles. The minimum Gasteiger partial charge on any atom is -0.392 e. The number of aliphatic hydroxyl groups excluding tert-OH is 1. The number of hydrogen-bond donors (Lipinski definition) is 3. The van der Waals surface area contributed by atoms with Crippen molar-refractivity contribution in [3.05, 3.63) is 77.7 Å². The van der Waals surface area contributed by atoms with Crippen LogP contribution >= 0.6 is 0 Å². The lowest BCUT2D eigenvalue weighted by molar-refractivity contribution is 0.102. The molecule has 144 valence electrons. The summed E-state index contributed by atoms with van der Waals surface area (Å²) in [7, 11) is 0. The molecule has 0 spiro atoms. The maximum Gasteiger partial charge on any atom is 0.255 e. The van der Waals surface area contributed by atoms with E-state index >= 15 is 0 Å². The molecule has 6 heteroatoms. The molecule has 29 heavy (non-hydrogen) atoms. The second-order valence-corrected chi connectivity index (χ2v) is 7.30. The summed E-state index contributed by atoms with van der Waals surface area (Å²) in [6, 6.07) is 15.2. The zero-order valence-electron chi connectivity index (χ0n) is 15.7. The van der Waals surface area contributed by atoms with Crippen LogP contribution < -0.4 is 5.32 Å². The molecule has 1 fully saturated rings. The van der Waals surface area contributed by atoms with Crippen LogP contribution in [-0.2, 0) is 6.61 Å². The quantitative estimate of drug-likeness (QED) is 0.480. The van der Waals surface area contributed by atoms with Gasteiger partial charge in [0, 0.05) is 34.0 Å². The van der Waals surface area contributed by atoms with Crippen LogP contribution in [0.5, 0.6) is 0 Å². The number of carbonyl (C=O) groups is 1. The molecule has 0 radical (unpaired) electrons. The van der Waals surface area contributed by atoms with Gasteiger partial charge in [-0.1, -0.05) is 24.3 Å². The molecule has 3 N–H and O–H groups in total. The Labute approximate surface area is 167 Å². The minimum atomic E-state index is -0.220. The Morgan fingerprint density at radius 2 is 1.93 bits per heavy atom. The Balaban J connectivity index is 1.48. The number of rotatable bonds is 5. The van der Waals surface area contributed by atoms with E-state index in [1.165, 1.54) is 24.7 Å². The Morgan fingerprint density at radius 1 is 1.10 bits per heavy atom. The normalized spacial score (nSPS) is 13.6. The van der Waals surface area contributed by atoms with E-state index in [1.807, 2.05) is 42.5 Å². The second kappa shape index (κ2) is 7.14. The van der Waals surface area contributed by atoms with Crippen molar-refractivity contribution in [1.82, 2.24) is 15.0 Å². The van der Waals surface area contributed by atoms with Crippen molar-refractivity contribution in [2.45, 2.75) is 25.4 Å². The molecule has 0 aliphatic heterocycles. The third-order valence-electron chi connectivity index (χ3n) is 5.41. The van der Waals surface area contributed by atoms with E-state index < -0.39 is 0 Å². The number of nitrogens with zero attached hydrogens (tertiary/aromatic N) is 2. The molecular formula is C23H20N4O2. The number of hydrogen-bond acceptors (Lipinski definition) is 4. The molecule has 5 rings (SSSR count). The monoisotopic (exact) mass is 384 g/mol. The Bertz CT molecular complexity index is 1190. The van der Waals surface area contributed by atoms with Crippen molar-refractivity contribution in [2.24, 2.45) is 0 Å². The van der Waals surface area contributed by atoms with Gasteiger partial charge in [-0.15, -0.1) is 0 Å². The molecule has 4 aromatic rings. The first-order valence-corrected chi connectivity index (χ1v) is 9.67. The van der Waals surface area contributed by atoms with E-state index in [0.717, 1.165) is 16.6 Å². The maximum atomic E-state index is 12.8. The fraction of sp³-hybridized carbons (Fsp3) is 0.174. The molecule has 2 heterocycles. The topological polar surface area (TPSA) is 90.9 Å². The highest BCUT2D eigenvalue weighted by Crippen LogP contribution is 2.40. The third-order valence-corrected chi connectivity index (χ3v) is 5.41. The summed E-state index contributed by atoms with van der Waals surface area (Å²) in [5, 5.41) is 13.9. The van der Waals surface area contributed by atoms with Crippen LogP contribution in [-0.4, -0.2) is 26.0 Å². The van der Waals surface area contributed by atoms with Gasteiger partial charge in [-0.2, -0.15) is 0 Å². The Kier molecular flexibility index (Phi) is 4.33. The largest absolute Gasteiger partial charge is 0.392 e. The van der Waals surface area contributed by atoms with Gasteiger partial charge >= 0.3 is 0 Å². The average Bonchev–Trinajstić information content (AvgIpc) is 3.50. The number of carbonyl (C=O) groups excluding carboxylic acids is 1. The van der Waals surface area contributed by atoms with Crippen molar-refractivity contribution in [1.29, 1.82) is 0 Å². The van der Waals surface area contributed by atoms with Crippen molar-refractivity contribution >= 4 is 22.6 Å². The molecule has 1 saturated carbocycles. The van der Waals surface area contributed by atoms with Crippen LogP contribution in [0.4, 0.5) is 5.69 Å². The zero-order chi connectivity index (χ0) is 19.8. The fourth-order valence-corrected chi connectivity index (χ4v) is 3.70. The number of aromatic amines is 1. The van der Waals surface area contributed by atoms with Gasteiger partial charge in [0.1, 0.15) is 12.0 Å². The van der Waals surface area contributed by atoms with Gasteiger partial charge in [-0.25, -0.2) is 9.97 Å². The molecule has 6 nitrogen and oxygen atoms in total. The summed E-state index contributed by atoms with van der Waals surface area (Å²) in [6.07, 6.45) is 5.76. The van der Waals surface area contributed by atoms with E-state index in [1.54, 1.807) is 12.3 Å². The van der Waals surface area contributed by atoms with Gasteiger partial charge in [0.05, 0.1) is 12.3 Å². The van der Waals surface area contributed by atoms with Gasteiger partial charge in [-0.05, 0) is 48.6 Å². The van der Waals surface area contributed by atoms with E-state index in [9.17, 15) is 9.90 Å². The molecule has 0 unspecified atom stereocenters. The maximum absolute atomic E-state index is 12.8. The first kappa shape index (κ1) is 17.6. The SMILES string of the molecule is O=C(Nc1cccc(-c2ncnc3[nH]ccc23)c1CO)c1ccc(C2CC2)cc1. The molecule has 0 bridgehead atoms. The number of amides is 1. The first-order chi connectivity index (χ1) is 14.2. The highest BCUT2D eigenvalue weighted by atomic mass is 16.3. The van der Waals surface area contributed by atoms with E-state index in [2.05, 4.69) is 20.3 Å². The lowest BCUT2D eigenvalue weighted by Crippen LogP contribution is -2.14. The minimum absolute atomic E-state index is 0.200. The van der Waals surface area contributed by atoms with Crippen molar-refractivity contribution in [3.63, 3.8) is 0 Å². The summed E-state index contributed by atoms with van der Waals surface area (Å²) in [5.74, 6) is 0.455. The summed E-state index contributed by atoms with van der Waals surface area (Å²) in [6.45, 7) is -0.220. The van der Waals surface area contributed by atoms with Gasteiger partial charge in [-0.3, -0.25) is 4.79 Å². The van der Waals surface area contributed by atoms with E-state index in [0.29, 0.717) is 28.4 Å². The number of benzene rings is 2. The summed E-state index contributed by atoms with van der Waals surface area (Å²) < 4.78 is 0. The van der Waals surface area contributed by atoms with Crippen LogP contribution in [0.25, 0.3) is 22.3 Å². The smallest absolute Gasteiger partial charge is 0.255 e. The summed E-state index contributed by atoms with van der Waals surface area (Å²) >= 11 is 0. The van der Waals surface area contributed by atoms with Gasteiger partial charge in [0.25, 0.3) is 5.91 Å². The number of anilines is 1. The average molecular weight is 384 g/mol. The van der Waals surface area contributed by atoms with Crippen LogP contribution in [0.15, 0.2) is 61.1 Å². The lowest BCUT2D eigenvalue weighted by atomic mass is 10.0. The lowest BCUT2D eigenvalue weighted by Gasteiger charge is -2.14. The molecular weight excluding hydrogens is 364 g/mol. The predicted molar refractivity (Wildman–Crippen MR) is 112 cm³/mol. The number of nitrogens with one attached hydrogen (secondary N) is 2. The van der Waals surface area contributed by atoms with Gasteiger partial charge in [0.15, 0.2) is 0 Å². The van der Waals surface area contributed by atoms with Crippen molar-refractivity contribution in [3.8, 4) is 11.3 Å². The highest BCUT2D eigenvalue weighted by molar-refractivity contribution is 6.05. The number of aromatic nitrogens is 3. The Hall–Kier alpha value is -3.51. The van der Waals surface area contributed by atoms with Gasteiger partial charge in [0.2, 0.25) is 0 Å². The van der Waals surface area contributed by atoms with Crippen LogP contribution in [0, 0.1) is 0 Å². The Morgan fingerprint density at radius 3 is 2.69 bits per heavy atom. The van der Waals surface area contributed by atoms with Crippen LogP contribution in [0.1, 0.15) is 40.2 Å². The summed E-state index contributed by atoms with van der Waals surface area (Å²) in [4.78, 5) is 24.5. The van der Waals surface area contributed by atoms with Crippen molar-refractivity contribution < 1.29 is 9.90 Å². The summed E-state index contributed by atoms with van der Waals surface area (Å²) in [5.41, 5.74) is 5.29. The number of fused-ring (bicyclic) bond motifs is 1. The van der Waals surface area contributed by atoms with Crippen LogP contribution in [0.3, 0.4) is 0 Å². The van der Waals surface area contributed by atoms with Crippen molar-refractivity contribution in [2.75, 3.05) is 5.32 Å². The third kappa shape index (κ3) is 3.28. The molecule has 0 saturated heterocycles. The highest BCUT2D eigenvalue weighted by Gasteiger charge is 2.23. The number of H-pyrrole nitrogens is 1. The molecule has 2 aromatic heterocycles. The zero-order valence-corrected chi connectivity index (χ0v) is 15.7. The van der Waals surface area contributed by atoms with Crippen LogP contribution in [0.2, 0.25) is 0 Å².